The molecule has 1 aromatic carbocycles. The van der Waals surface area contributed by atoms with Gasteiger partial charge in [-0.15, -0.1) is 0 Å². The molecular formula is C20H26N8O5S. The molecule has 3 rings (SSSR count). The first-order valence-electron chi connectivity index (χ1n) is 10.4. The van der Waals surface area contributed by atoms with E-state index in [0.29, 0.717) is 19.4 Å². The van der Waals surface area contributed by atoms with Gasteiger partial charge < -0.3 is 26.5 Å². The molecule has 13 nitrogen and oxygen atoms in total. The van der Waals surface area contributed by atoms with E-state index >= 15 is 0 Å². The number of carbonyl (C=O) groups is 2. The number of guanidine groups is 1. The number of likely N-dealkylation sites (tertiary alicyclic amines) is 1. The lowest BCUT2D eigenvalue weighted by atomic mass is 10.1. The number of rotatable bonds is 10. The van der Waals surface area contributed by atoms with Crippen LogP contribution in [0, 0.1) is 0 Å². The molecule has 2 heterocycles. The van der Waals surface area contributed by atoms with Crippen LogP contribution < -0.4 is 21.5 Å². The van der Waals surface area contributed by atoms with Gasteiger partial charge in [0, 0.05) is 24.5 Å². The molecule has 1 unspecified atom stereocenters. The van der Waals surface area contributed by atoms with Gasteiger partial charge in [0.05, 0.1) is 18.0 Å². The Bertz CT molecular complexity index is 1120. The fourth-order valence-electron chi connectivity index (χ4n) is 3.32. The molecule has 1 aliphatic rings. The summed E-state index contributed by atoms with van der Waals surface area (Å²) in [6, 6.07) is 5.23. The third-order valence-corrected chi connectivity index (χ3v) is 6.39. The van der Waals surface area contributed by atoms with Crippen molar-refractivity contribution >= 4 is 27.8 Å². The molecule has 182 valence electrons. The Kier molecular flexibility index (Phi) is 8.32. The van der Waals surface area contributed by atoms with Crippen LogP contribution in [0.1, 0.15) is 12.8 Å². The molecule has 2 amide bonds. The van der Waals surface area contributed by atoms with Gasteiger partial charge in [-0.2, -0.15) is 4.72 Å². The van der Waals surface area contributed by atoms with E-state index in [2.05, 4.69) is 25.2 Å². The molecule has 0 aliphatic carbocycles. The Hall–Kier alpha value is -3.78. The molecule has 14 heteroatoms. The van der Waals surface area contributed by atoms with Gasteiger partial charge in [-0.3, -0.25) is 9.59 Å². The van der Waals surface area contributed by atoms with E-state index in [4.69, 9.17) is 16.3 Å². The van der Waals surface area contributed by atoms with Crippen molar-refractivity contribution in [3.8, 4) is 11.1 Å². The minimum Gasteiger partial charge on any atom is -0.391 e. The molecule has 1 atom stereocenters. The standard InChI is InChI=1S/C20H26N8O5S/c21-20(22)26-33-9-7-25-18(29)12-28-8-1-2-17(19(28)30)27-34(31,32)16-5-3-14(4-6-16)15-10-23-13-24-11-15/h3-6,10-11,13,17,27H,1-2,7-9,12H2,(H,25,29)(H4,21,22,26). The molecule has 0 spiro atoms. The molecule has 0 radical (unpaired) electrons. The molecule has 1 aromatic heterocycles. The van der Waals surface area contributed by atoms with E-state index in [-0.39, 0.29) is 30.6 Å². The Morgan fingerprint density at radius 2 is 1.88 bits per heavy atom. The van der Waals surface area contributed by atoms with Gasteiger partial charge in [0.15, 0.2) is 0 Å². The van der Waals surface area contributed by atoms with Crippen LogP contribution in [0.25, 0.3) is 11.1 Å². The number of hydrogen-bond donors (Lipinski definition) is 4. The number of hydrogen-bond acceptors (Lipinski definition) is 8. The molecule has 0 saturated carbocycles. The second kappa shape index (κ2) is 11.4. The van der Waals surface area contributed by atoms with Gasteiger partial charge in [-0.05, 0) is 35.7 Å². The highest BCUT2D eigenvalue weighted by Crippen LogP contribution is 2.21. The maximum absolute atomic E-state index is 12.8. The molecule has 6 N–H and O–H groups in total. The highest BCUT2D eigenvalue weighted by Gasteiger charge is 2.33. The summed E-state index contributed by atoms with van der Waals surface area (Å²) in [6.45, 7) is 0.338. The van der Waals surface area contributed by atoms with Gasteiger partial charge in [0.25, 0.3) is 0 Å². The van der Waals surface area contributed by atoms with Crippen molar-refractivity contribution in [2.24, 2.45) is 16.6 Å². The van der Waals surface area contributed by atoms with E-state index in [0.717, 1.165) is 11.1 Å². The lowest BCUT2D eigenvalue weighted by Gasteiger charge is -2.32. The van der Waals surface area contributed by atoms with Crippen LogP contribution in [-0.4, -0.2) is 73.3 Å². The zero-order valence-corrected chi connectivity index (χ0v) is 19.1. The van der Waals surface area contributed by atoms with Crippen molar-refractivity contribution in [1.82, 2.24) is 24.9 Å². The van der Waals surface area contributed by atoms with E-state index in [9.17, 15) is 18.0 Å². The monoisotopic (exact) mass is 490 g/mol. The fourth-order valence-corrected chi connectivity index (χ4v) is 4.55. The van der Waals surface area contributed by atoms with Crippen molar-refractivity contribution < 1.29 is 22.8 Å². The lowest BCUT2D eigenvalue weighted by Crippen LogP contribution is -2.54. The molecule has 1 fully saturated rings. The quantitative estimate of drug-likeness (QED) is 0.136. The molecule has 1 aliphatic heterocycles. The lowest BCUT2D eigenvalue weighted by molar-refractivity contribution is -0.139. The number of piperidine rings is 1. The van der Waals surface area contributed by atoms with Crippen molar-refractivity contribution in [1.29, 1.82) is 0 Å². The second-order valence-corrected chi connectivity index (χ2v) is 9.14. The topological polar surface area (TPSA) is 195 Å². The predicted octanol–water partition coefficient (Wildman–Crippen LogP) is -1.27. The third-order valence-electron chi connectivity index (χ3n) is 4.91. The number of nitrogens with zero attached hydrogens (tertiary/aromatic N) is 4. The molecular weight excluding hydrogens is 464 g/mol. The van der Waals surface area contributed by atoms with Gasteiger partial charge in [0.2, 0.25) is 27.8 Å². The van der Waals surface area contributed by atoms with Crippen molar-refractivity contribution in [3.05, 3.63) is 43.0 Å². The second-order valence-electron chi connectivity index (χ2n) is 7.43. The number of carbonyl (C=O) groups excluding carboxylic acids is 2. The molecule has 0 bridgehead atoms. The number of aromatic nitrogens is 2. The van der Waals surface area contributed by atoms with E-state index in [1.165, 1.54) is 23.4 Å². The summed E-state index contributed by atoms with van der Waals surface area (Å²) < 4.78 is 28.2. The normalized spacial score (nSPS) is 16.1. The minimum absolute atomic E-state index is 0.0246. The number of sulfonamides is 1. The maximum atomic E-state index is 12.8. The summed E-state index contributed by atoms with van der Waals surface area (Å²) in [5.41, 5.74) is 11.7. The summed E-state index contributed by atoms with van der Waals surface area (Å²) in [5, 5.41) is 5.90. The van der Waals surface area contributed by atoms with Crippen LogP contribution in [0.5, 0.6) is 0 Å². The average Bonchev–Trinajstić information content (AvgIpc) is 2.82. The first kappa shape index (κ1) is 24.9. The maximum Gasteiger partial charge on any atom is 0.241 e. The Morgan fingerprint density at radius 1 is 1.18 bits per heavy atom. The summed E-state index contributed by atoms with van der Waals surface area (Å²) in [6.07, 6.45) is 5.53. The SMILES string of the molecule is NC(N)=NOCCNC(=O)CN1CCCC(NS(=O)(=O)c2ccc(-c3cncnc3)cc2)C1=O. The zero-order valence-electron chi connectivity index (χ0n) is 18.3. The van der Waals surface area contributed by atoms with Crippen LogP contribution in [0.2, 0.25) is 0 Å². The van der Waals surface area contributed by atoms with Crippen molar-refractivity contribution in [3.63, 3.8) is 0 Å². The number of nitrogens with one attached hydrogen (secondary N) is 2. The number of amides is 2. The Balaban J connectivity index is 1.56. The van der Waals surface area contributed by atoms with E-state index in [1.807, 2.05) is 0 Å². The minimum atomic E-state index is -3.95. The molecule has 1 saturated heterocycles. The van der Waals surface area contributed by atoms with Crippen LogP contribution in [0.4, 0.5) is 0 Å². The highest BCUT2D eigenvalue weighted by molar-refractivity contribution is 7.89. The summed E-state index contributed by atoms with van der Waals surface area (Å²) in [5.74, 6) is -1.11. The fraction of sp³-hybridized carbons (Fsp3) is 0.350. The molecule has 34 heavy (non-hydrogen) atoms. The summed E-state index contributed by atoms with van der Waals surface area (Å²) in [4.78, 5) is 38.9. The smallest absolute Gasteiger partial charge is 0.241 e. The van der Waals surface area contributed by atoms with Crippen molar-refractivity contribution in [2.45, 2.75) is 23.8 Å². The summed E-state index contributed by atoms with van der Waals surface area (Å²) >= 11 is 0. The zero-order chi connectivity index (χ0) is 24.6. The van der Waals surface area contributed by atoms with E-state index < -0.39 is 27.9 Å². The van der Waals surface area contributed by atoms with Gasteiger partial charge >= 0.3 is 0 Å². The number of oxime groups is 1. The Labute approximate surface area is 196 Å². The van der Waals surface area contributed by atoms with Crippen molar-refractivity contribution in [2.75, 3.05) is 26.2 Å². The number of nitrogens with two attached hydrogens (primary N) is 2. The van der Waals surface area contributed by atoms with Crippen LogP contribution in [0.3, 0.4) is 0 Å². The highest BCUT2D eigenvalue weighted by atomic mass is 32.2. The van der Waals surface area contributed by atoms with Crippen LogP contribution >= 0.6 is 0 Å². The molecule has 2 aromatic rings. The van der Waals surface area contributed by atoms with Crippen LogP contribution in [0.15, 0.2) is 53.0 Å². The Morgan fingerprint density at radius 3 is 2.56 bits per heavy atom. The van der Waals surface area contributed by atoms with Gasteiger partial charge in [0.1, 0.15) is 19.0 Å². The van der Waals surface area contributed by atoms with Crippen LogP contribution in [-0.2, 0) is 24.4 Å². The largest absolute Gasteiger partial charge is 0.391 e. The average molecular weight is 491 g/mol. The van der Waals surface area contributed by atoms with Gasteiger partial charge in [-0.25, -0.2) is 18.4 Å². The predicted molar refractivity (Wildman–Crippen MR) is 122 cm³/mol. The summed E-state index contributed by atoms with van der Waals surface area (Å²) in [7, 11) is -3.95. The third kappa shape index (κ3) is 6.86. The first-order valence-corrected chi connectivity index (χ1v) is 11.9. The van der Waals surface area contributed by atoms with Gasteiger partial charge in [-0.1, -0.05) is 12.1 Å². The number of benzene rings is 1. The van der Waals surface area contributed by atoms with E-state index in [1.54, 1.807) is 24.5 Å². The first-order chi connectivity index (χ1) is 16.3.